The molecule has 1 fully saturated rings. The third kappa shape index (κ3) is 2.53. The van der Waals surface area contributed by atoms with E-state index in [0.717, 1.165) is 11.2 Å². The Balaban J connectivity index is 1.93. The minimum atomic E-state index is -3.17. The van der Waals surface area contributed by atoms with Crippen molar-refractivity contribution in [1.29, 1.82) is 0 Å². The summed E-state index contributed by atoms with van der Waals surface area (Å²) in [6.45, 7) is 5.87. The Morgan fingerprint density at radius 2 is 1.90 bits per heavy atom. The number of para-hydroxylation sites is 1. The summed E-state index contributed by atoms with van der Waals surface area (Å²) < 4.78 is 25.4. The lowest BCUT2D eigenvalue weighted by atomic mass is 10.0. The van der Waals surface area contributed by atoms with Crippen molar-refractivity contribution in [3.63, 3.8) is 0 Å². The van der Waals surface area contributed by atoms with Gasteiger partial charge in [-0.15, -0.1) is 0 Å². The van der Waals surface area contributed by atoms with Crippen LogP contribution in [0, 0.1) is 0 Å². The summed E-state index contributed by atoms with van der Waals surface area (Å²) in [6, 6.07) is 8.18. The van der Waals surface area contributed by atoms with E-state index < -0.39 is 15.6 Å². The summed E-state index contributed by atoms with van der Waals surface area (Å²) >= 11 is 0. The third-order valence-electron chi connectivity index (χ3n) is 4.13. The Labute approximate surface area is 125 Å². The van der Waals surface area contributed by atoms with Crippen LogP contribution in [0.1, 0.15) is 13.8 Å². The molecule has 1 aliphatic rings. The standard InChI is InChI=1S/C15H21N3O2S/c1-15(2)11-17(8-9-18(15)21(3,19)20)14-10-16-13-7-5-4-6-12(13)14/h4-7,10,16H,8-9,11H2,1-3H3. The van der Waals surface area contributed by atoms with Crippen LogP contribution in [-0.4, -0.2) is 49.1 Å². The van der Waals surface area contributed by atoms with Gasteiger partial charge in [0.1, 0.15) is 0 Å². The van der Waals surface area contributed by atoms with Crippen LogP contribution in [0.25, 0.3) is 10.9 Å². The minimum Gasteiger partial charge on any atom is -0.367 e. The van der Waals surface area contributed by atoms with Crippen molar-refractivity contribution >= 4 is 26.6 Å². The Kier molecular flexibility index (Phi) is 3.26. The number of rotatable bonds is 2. The lowest BCUT2D eigenvalue weighted by Gasteiger charge is -2.46. The van der Waals surface area contributed by atoms with Crippen molar-refractivity contribution in [2.24, 2.45) is 0 Å². The molecule has 1 aromatic carbocycles. The van der Waals surface area contributed by atoms with Crippen molar-refractivity contribution < 1.29 is 8.42 Å². The number of fused-ring (bicyclic) bond motifs is 1. The van der Waals surface area contributed by atoms with Gasteiger partial charge in [-0.2, -0.15) is 4.31 Å². The fourth-order valence-electron chi connectivity index (χ4n) is 3.28. The van der Waals surface area contributed by atoms with Crippen LogP contribution in [-0.2, 0) is 10.0 Å². The number of aromatic nitrogens is 1. The fourth-order valence-corrected chi connectivity index (χ4v) is 4.65. The Morgan fingerprint density at radius 3 is 2.57 bits per heavy atom. The molecule has 0 spiro atoms. The molecule has 5 nitrogen and oxygen atoms in total. The average Bonchev–Trinajstić information content (AvgIpc) is 2.79. The summed E-state index contributed by atoms with van der Waals surface area (Å²) in [5, 5.41) is 1.18. The van der Waals surface area contributed by atoms with E-state index in [1.165, 1.54) is 11.6 Å². The summed E-state index contributed by atoms with van der Waals surface area (Å²) in [4.78, 5) is 5.55. The van der Waals surface area contributed by atoms with Crippen LogP contribution in [0.15, 0.2) is 30.5 Å². The Morgan fingerprint density at radius 1 is 1.19 bits per heavy atom. The van der Waals surface area contributed by atoms with E-state index in [4.69, 9.17) is 0 Å². The second-order valence-corrected chi connectivity index (χ2v) is 8.20. The van der Waals surface area contributed by atoms with Crippen LogP contribution in [0.4, 0.5) is 5.69 Å². The van der Waals surface area contributed by atoms with E-state index in [2.05, 4.69) is 22.0 Å². The molecule has 0 amide bonds. The minimum absolute atomic E-state index is 0.412. The van der Waals surface area contributed by atoms with Gasteiger partial charge in [0.05, 0.1) is 11.9 Å². The third-order valence-corrected chi connectivity index (χ3v) is 5.61. The lowest BCUT2D eigenvalue weighted by molar-refractivity contribution is 0.206. The number of nitrogens with zero attached hydrogens (tertiary/aromatic N) is 2. The van der Waals surface area contributed by atoms with Crippen LogP contribution in [0.2, 0.25) is 0 Å². The van der Waals surface area contributed by atoms with Gasteiger partial charge < -0.3 is 9.88 Å². The molecule has 3 rings (SSSR count). The first-order chi connectivity index (χ1) is 9.79. The highest BCUT2D eigenvalue weighted by molar-refractivity contribution is 7.88. The summed E-state index contributed by atoms with van der Waals surface area (Å²) in [7, 11) is -3.17. The van der Waals surface area contributed by atoms with E-state index in [0.29, 0.717) is 19.6 Å². The molecular formula is C15H21N3O2S. The second kappa shape index (κ2) is 4.74. The van der Waals surface area contributed by atoms with Gasteiger partial charge in [-0.25, -0.2) is 8.42 Å². The largest absolute Gasteiger partial charge is 0.367 e. The number of benzene rings is 1. The molecule has 6 heteroatoms. The van der Waals surface area contributed by atoms with Crippen LogP contribution >= 0.6 is 0 Å². The number of hydrogen-bond donors (Lipinski definition) is 1. The molecule has 0 aliphatic carbocycles. The second-order valence-electron chi connectivity index (χ2n) is 6.29. The van der Waals surface area contributed by atoms with E-state index >= 15 is 0 Å². The highest BCUT2D eigenvalue weighted by atomic mass is 32.2. The van der Waals surface area contributed by atoms with Crippen molar-refractivity contribution in [2.45, 2.75) is 19.4 Å². The molecule has 1 saturated heterocycles. The first kappa shape index (κ1) is 14.4. The molecule has 0 saturated carbocycles. The molecule has 114 valence electrons. The number of hydrogen-bond acceptors (Lipinski definition) is 3. The van der Waals surface area contributed by atoms with E-state index in [-0.39, 0.29) is 0 Å². The maximum absolute atomic E-state index is 11.9. The Hall–Kier alpha value is -1.53. The van der Waals surface area contributed by atoms with Gasteiger partial charge in [0.25, 0.3) is 0 Å². The van der Waals surface area contributed by atoms with Crippen LogP contribution in [0.3, 0.4) is 0 Å². The highest BCUT2D eigenvalue weighted by Crippen LogP contribution is 2.32. The normalized spacial score (nSPS) is 20.0. The highest BCUT2D eigenvalue weighted by Gasteiger charge is 2.39. The molecule has 0 atom stereocenters. The SMILES string of the molecule is CC1(C)CN(c2c[nH]c3ccccc23)CCN1S(C)(=O)=O. The topological polar surface area (TPSA) is 56.4 Å². The fraction of sp³-hybridized carbons (Fsp3) is 0.467. The molecule has 2 aromatic rings. The van der Waals surface area contributed by atoms with Gasteiger partial charge in [-0.3, -0.25) is 0 Å². The number of sulfonamides is 1. The predicted molar refractivity (Wildman–Crippen MR) is 86.1 cm³/mol. The predicted octanol–water partition coefficient (Wildman–Crippen LogP) is 2.03. The Bertz CT molecular complexity index is 764. The maximum atomic E-state index is 11.9. The van der Waals surface area contributed by atoms with Crippen molar-refractivity contribution in [3.05, 3.63) is 30.5 Å². The first-order valence-electron chi connectivity index (χ1n) is 7.08. The van der Waals surface area contributed by atoms with Crippen LogP contribution in [0.5, 0.6) is 0 Å². The molecule has 1 aromatic heterocycles. The number of piperazine rings is 1. The summed E-state index contributed by atoms with van der Waals surface area (Å²) in [5.74, 6) is 0. The smallest absolute Gasteiger partial charge is 0.211 e. The zero-order chi connectivity index (χ0) is 15.3. The van der Waals surface area contributed by atoms with Gasteiger partial charge in [0.15, 0.2) is 0 Å². The molecule has 0 radical (unpaired) electrons. The average molecular weight is 307 g/mol. The molecule has 1 aliphatic heterocycles. The van der Waals surface area contributed by atoms with Crippen LogP contribution < -0.4 is 4.90 Å². The molecule has 0 bridgehead atoms. The molecule has 21 heavy (non-hydrogen) atoms. The molecule has 1 N–H and O–H groups in total. The van der Waals surface area contributed by atoms with Gasteiger partial charge in [0.2, 0.25) is 10.0 Å². The first-order valence-corrected chi connectivity index (χ1v) is 8.93. The van der Waals surface area contributed by atoms with Gasteiger partial charge in [-0.1, -0.05) is 18.2 Å². The monoisotopic (exact) mass is 307 g/mol. The zero-order valence-corrected chi connectivity index (χ0v) is 13.4. The van der Waals surface area contributed by atoms with E-state index in [1.807, 2.05) is 32.2 Å². The van der Waals surface area contributed by atoms with Gasteiger partial charge in [-0.05, 0) is 19.9 Å². The number of aromatic amines is 1. The van der Waals surface area contributed by atoms with Crippen molar-refractivity contribution in [3.8, 4) is 0 Å². The lowest BCUT2D eigenvalue weighted by Crippen LogP contribution is -2.60. The van der Waals surface area contributed by atoms with E-state index in [9.17, 15) is 8.42 Å². The van der Waals surface area contributed by atoms with Gasteiger partial charge >= 0.3 is 0 Å². The molecule has 2 heterocycles. The molecule has 0 unspecified atom stereocenters. The van der Waals surface area contributed by atoms with Crippen molar-refractivity contribution in [2.75, 3.05) is 30.8 Å². The molecular weight excluding hydrogens is 286 g/mol. The zero-order valence-electron chi connectivity index (χ0n) is 12.6. The summed E-state index contributed by atoms with van der Waals surface area (Å²) in [6.07, 6.45) is 3.30. The number of H-pyrrole nitrogens is 1. The van der Waals surface area contributed by atoms with E-state index in [1.54, 1.807) is 4.31 Å². The number of nitrogens with one attached hydrogen (secondary N) is 1. The van der Waals surface area contributed by atoms with Gasteiger partial charge in [0, 0.05) is 42.3 Å². The summed E-state index contributed by atoms with van der Waals surface area (Å²) in [5.41, 5.74) is 1.84. The van der Waals surface area contributed by atoms with Crippen molar-refractivity contribution in [1.82, 2.24) is 9.29 Å². The quantitative estimate of drug-likeness (QED) is 0.923. The maximum Gasteiger partial charge on any atom is 0.211 e. The number of anilines is 1.